The minimum atomic E-state index is 0. The second kappa shape index (κ2) is 12.6. The van der Waals surface area contributed by atoms with Crippen molar-refractivity contribution >= 4 is 29.9 Å². The van der Waals surface area contributed by atoms with E-state index in [1.807, 2.05) is 12.1 Å². The number of furan rings is 1. The number of guanidine groups is 1. The van der Waals surface area contributed by atoms with Gasteiger partial charge in [0.05, 0.1) is 6.26 Å². The fourth-order valence-electron chi connectivity index (χ4n) is 3.34. The third-order valence-electron chi connectivity index (χ3n) is 4.80. The zero-order valence-corrected chi connectivity index (χ0v) is 18.4. The first-order valence-electron chi connectivity index (χ1n) is 9.58. The van der Waals surface area contributed by atoms with Crippen molar-refractivity contribution in [1.82, 2.24) is 15.1 Å². The number of hydrogen-bond acceptors (Lipinski definition) is 3. The van der Waals surface area contributed by atoms with Crippen LogP contribution >= 0.6 is 24.0 Å². The molecule has 1 aromatic rings. The third kappa shape index (κ3) is 7.17. The van der Waals surface area contributed by atoms with Crippen LogP contribution in [-0.2, 0) is 6.42 Å². The maximum absolute atomic E-state index is 5.42. The van der Waals surface area contributed by atoms with E-state index < -0.39 is 0 Å². The molecule has 0 radical (unpaired) electrons. The quantitative estimate of drug-likeness (QED) is 0.264. The van der Waals surface area contributed by atoms with E-state index in [2.05, 4.69) is 35.9 Å². The Balaban J connectivity index is 0.00000312. The van der Waals surface area contributed by atoms with Gasteiger partial charge in [-0.05, 0) is 38.1 Å². The van der Waals surface area contributed by atoms with Gasteiger partial charge in [-0.15, -0.1) is 24.0 Å². The SMILES string of the molecule is CCCCN=C(NCCc1ccco1)N1CCC(N(CC)CC)C1.I. The maximum Gasteiger partial charge on any atom is 0.193 e. The van der Waals surface area contributed by atoms with Gasteiger partial charge in [-0.2, -0.15) is 0 Å². The standard InChI is InChI=1S/C19H34N4O.HI/c1-4-7-12-20-19(21-13-10-18-9-8-15-24-18)23-14-11-17(16-23)22(5-2)6-3;/h8-9,15,17H,4-7,10-14,16H2,1-3H3,(H,20,21);1H. The molecule has 6 heteroatoms. The van der Waals surface area contributed by atoms with Crippen LogP contribution in [0.5, 0.6) is 0 Å². The van der Waals surface area contributed by atoms with Gasteiger partial charge in [-0.3, -0.25) is 9.89 Å². The molecule has 1 unspecified atom stereocenters. The Bertz CT molecular complexity index is 474. The predicted molar refractivity (Wildman–Crippen MR) is 116 cm³/mol. The molecule has 1 saturated heterocycles. The summed E-state index contributed by atoms with van der Waals surface area (Å²) in [6, 6.07) is 4.63. The molecule has 1 fully saturated rings. The van der Waals surface area contributed by atoms with Crippen molar-refractivity contribution in [2.24, 2.45) is 4.99 Å². The van der Waals surface area contributed by atoms with Crippen molar-refractivity contribution in [2.45, 2.75) is 52.5 Å². The molecule has 2 heterocycles. The van der Waals surface area contributed by atoms with Crippen molar-refractivity contribution in [3.8, 4) is 0 Å². The first kappa shape index (κ1) is 22.3. The topological polar surface area (TPSA) is 44.0 Å². The van der Waals surface area contributed by atoms with Crippen molar-refractivity contribution < 1.29 is 4.42 Å². The third-order valence-corrected chi connectivity index (χ3v) is 4.80. The van der Waals surface area contributed by atoms with Gasteiger partial charge in [-0.1, -0.05) is 27.2 Å². The largest absolute Gasteiger partial charge is 0.469 e. The highest BCUT2D eigenvalue weighted by molar-refractivity contribution is 14.0. The highest BCUT2D eigenvalue weighted by Gasteiger charge is 2.28. The number of aliphatic imine (C=N–C) groups is 1. The monoisotopic (exact) mass is 462 g/mol. The van der Waals surface area contributed by atoms with Gasteiger partial charge in [0.15, 0.2) is 5.96 Å². The van der Waals surface area contributed by atoms with E-state index in [-0.39, 0.29) is 24.0 Å². The van der Waals surface area contributed by atoms with Gasteiger partial charge < -0.3 is 14.6 Å². The van der Waals surface area contributed by atoms with E-state index >= 15 is 0 Å². The number of likely N-dealkylation sites (N-methyl/N-ethyl adjacent to an activating group) is 1. The van der Waals surface area contributed by atoms with Gasteiger partial charge in [0.1, 0.15) is 5.76 Å². The summed E-state index contributed by atoms with van der Waals surface area (Å²) in [5.41, 5.74) is 0. The Hall–Kier alpha value is -0.760. The number of halogens is 1. The van der Waals surface area contributed by atoms with Crippen molar-refractivity contribution in [2.75, 3.05) is 39.3 Å². The molecule has 2 rings (SSSR count). The number of unbranched alkanes of at least 4 members (excludes halogenated alkanes) is 1. The number of nitrogens with zero attached hydrogens (tertiary/aromatic N) is 3. The molecule has 0 bridgehead atoms. The summed E-state index contributed by atoms with van der Waals surface area (Å²) in [6.45, 7) is 12.9. The first-order chi connectivity index (χ1) is 11.8. The average molecular weight is 462 g/mol. The average Bonchev–Trinajstić information content (AvgIpc) is 3.27. The van der Waals surface area contributed by atoms with Crippen LogP contribution < -0.4 is 5.32 Å². The lowest BCUT2D eigenvalue weighted by Crippen LogP contribution is -2.44. The molecule has 144 valence electrons. The molecule has 0 spiro atoms. The molecule has 1 aliphatic heterocycles. The van der Waals surface area contributed by atoms with E-state index in [4.69, 9.17) is 9.41 Å². The molecule has 5 nitrogen and oxygen atoms in total. The molecule has 1 atom stereocenters. The fourth-order valence-corrected chi connectivity index (χ4v) is 3.34. The molecule has 1 N–H and O–H groups in total. The van der Waals surface area contributed by atoms with Crippen LogP contribution in [0.2, 0.25) is 0 Å². The van der Waals surface area contributed by atoms with E-state index in [9.17, 15) is 0 Å². The van der Waals surface area contributed by atoms with Gasteiger partial charge in [0.25, 0.3) is 0 Å². The van der Waals surface area contributed by atoms with Gasteiger partial charge in [0.2, 0.25) is 0 Å². The Morgan fingerprint density at radius 2 is 2.16 bits per heavy atom. The Labute approximate surface area is 170 Å². The Kier molecular flexibility index (Phi) is 11.2. The molecule has 0 aromatic carbocycles. The number of hydrogen-bond donors (Lipinski definition) is 1. The number of likely N-dealkylation sites (tertiary alicyclic amines) is 1. The minimum absolute atomic E-state index is 0. The molecule has 0 aliphatic carbocycles. The lowest BCUT2D eigenvalue weighted by atomic mass is 10.2. The zero-order valence-electron chi connectivity index (χ0n) is 16.0. The molecule has 1 aliphatic rings. The predicted octanol–water partition coefficient (Wildman–Crippen LogP) is 3.60. The van der Waals surface area contributed by atoms with E-state index in [1.54, 1.807) is 6.26 Å². The molecule has 0 saturated carbocycles. The molecule has 0 amide bonds. The summed E-state index contributed by atoms with van der Waals surface area (Å²) < 4.78 is 5.42. The van der Waals surface area contributed by atoms with Crippen LogP contribution in [0.4, 0.5) is 0 Å². The summed E-state index contributed by atoms with van der Waals surface area (Å²) in [5.74, 6) is 2.10. The Morgan fingerprint density at radius 3 is 2.80 bits per heavy atom. The molecule has 25 heavy (non-hydrogen) atoms. The van der Waals surface area contributed by atoms with Crippen LogP contribution in [0.1, 0.15) is 45.8 Å². The van der Waals surface area contributed by atoms with Crippen LogP contribution in [-0.4, -0.2) is 61.1 Å². The number of rotatable bonds is 9. The van der Waals surface area contributed by atoms with E-state index in [1.165, 1.54) is 12.8 Å². The lowest BCUT2D eigenvalue weighted by molar-refractivity contribution is 0.223. The number of nitrogens with one attached hydrogen (secondary N) is 1. The van der Waals surface area contributed by atoms with Crippen LogP contribution in [0, 0.1) is 0 Å². The van der Waals surface area contributed by atoms with Gasteiger partial charge in [0, 0.05) is 38.6 Å². The van der Waals surface area contributed by atoms with Gasteiger partial charge in [-0.25, -0.2) is 0 Å². The highest BCUT2D eigenvalue weighted by atomic mass is 127. The van der Waals surface area contributed by atoms with Crippen LogP contribution in [0.15, 0.2) is 27.8 Å². The highest BCUT2D eigenvalue weighted by Crippen LogP contribution is 2.15. The van der Waals surface area contributed by atoms with E-state index in [0.717, 1.165) is 63.8 Å². The smallest absolute Gasteiger partial charge is 0.193 e. The molecular formula is C19H35IN4O. The Morgan fingerprint density at radius 1 is 1.36 bits per heavy atom. The normalized spacial score (nSPS) is 17.8. The van der Waals surface area contributed by atoms with Gasteiger partial charge >= 0.3 is 0 Å². The fraction of sp³-hybridized carbons (Fsp3) is 0.737. The summed E-state index contributed by atoms with van der Waals surface area (Å²) >= 11 is 0. The molecular weight excluding hydrogens is 427 g/mol. The maximum atomic E-state index is 5.42. The second-order valence-electron chi connectivity index (χ2n) is 6.42. The molecule has 1 aromatic heterocycles. The van der Waals surface area contributed by atoms with Crippen LogP contribution in [0.3, 0.4) is 0 Å². The summed E-state index contributed by atoms with van der Waals surface area (Å²) in [6.07, 6.45) is 6.20. The van der Waals surface area contributed by atoms with Crippen LogP contribution in [0.25, 0.3) is 0 Å². The van der Waals surface area contributed by atoms with E-state index in [0.29, 0.717) is 6.04 Å². The summed E-state index contributed by atoms with van der Waals surface area (Å²) in [4.78, 5) is 9.84. The second-order valence-corrected chi connectivity index (χ2v) is 6.42. The zero-order chi connectivity index (χ0) is 17.2. The first-order valence-corrected chi connectivity index (χ1v) is 9.58. The minimum Gasteiger partial charge on any atom is -0.469 e. The summed E-state index contributed by atoms with van der Waals surface area (Å²) in [7, 11) is 0. The van der Waals surface area contributed by atoms with Crippen molar-refractivity contribution in [3.05, 3.63) is 24.2 Å². The lowest BCUT2D eigenvalue weighted by Gasteiger charge is -2.27. The van der Waals surface area contributed by atoms with Crippen molar-refractivity contribution in [3.63, 3.8) is 0 Å². The summed E-state index contributed by atoms with van der Waals surface area (Å²) in [5, 5.41) is 3.55. The van der Waals surface area contributed by atoms with Crippen molar-refractivity contribution in [1.29, 1.82) is 0 Å².